The van der Waals surface area contributed by atoms with Gasteiger partial charge in [-0.05, 0) is 24.6 Å². The van der Waals surface area contributed by atoms with Gasteiger partial charge in [0, 0.05) is 21.6 Å². The van der Waals surface area contributed by atoms with Crippen molar-refractivity contribution in [3.63, 3.8) is 0 Å². The fraction of sp³-hybridized carbons (Fsp3) is 0.462. The van der Waals surface area contributed by atoms with Crippen LogP contribution in [-0.2, 0) is 10.2 Å². The maximum absolute atomic E-state index is 11.0. The molecule has 1 N–H and O–H groups in total. The molecule has 0 amide bonds. The average molecular weight is 298 g/mol. The lowest BCUT2D eigenvalue weighted by Gasteiger charge is -2.30. The molecule has 0 aliphatic carbocycles. The van der Waals surface area contributed by atoms with Crippen molar-refractivity contribution in [2.24, 2.45) is 0 Å². The number of benzene rings is 1. The fourth-order valence-corrected chi connectivity index (χ4v) is 3.43. The highest BCUT2D eigenvalue weighted by Crippen LogP contribution is 2.47. The molecule has 17 heavy (non-hydrogen) atoms. The van der Waals surface area contributed by atoms with Crippen LogP contribution in [0.1, 0.15) is 26.3 Å². The first kappa shape index (κ1) is 12.4. The van der Waals surface area contributed by atoms with Crippen molar-refractivity contribution >= 4 is 27.6 Å². The number of hydrogen-bond acceptors (Lipinski definition) is 2. The molecule has 0 saturated heterocycles. The normalized spacial score (nSPS) is 21.4. The Morgan fingerprint density at radius 2 is 2.18 bits per heavy atom. The number of carboxylic acid groups (broad SMARTS) is 1. The van der Waals surface area contributed by atoms with Crippen LogP contribution in [0.3, 0.4) is 0 Å². The van der Waals surface area contributed by atoms with Gasteiger partial charge in [0.05, 0.1) is 0 Å². The third-order valence-electron chi connectivity index (χ3n) is 3.76. The maximum atomic E-state index is 11.0. The molecular formula is C13H16BrNO2. The maximum Gasteiger partial charge on any atom is 0.323 e. The molecule has 4 heteroatoms. The van der Waals surface area contributed by atoms with E-state index in [-0.39, 0.29) is 18.0 Å². The Morgan fingerprint density at radius 3 is 2.76 bits per heavy atom. The summed E-state index contributed by atoms with van der Waals surface area (Å²) in [5.41, 5.74) is 2.18. The average Bonchev–Trinajstić information content (AvgIpc) is 2.40. The number of halogens is 1. The number of rotatable bonds is 2. The Bertz CT molecular complexity index is 470. The number of aliphatic carboxylic acids is 1. The van der Waals surface area contributed by atoms with Gasteiger partial charge in [0.1, 0.15) is 6.54 Å². The summed E-state index contributed by atoms with van der Waals surface area (Å²) in [6.45, 7) is 6.44. The van der Waals surface area contributed by atoms with Crippen LogP contribution < -0.4 is 4.90 Å². The highest BCUT2D eigenvalue weighted by Gasteiger charge is 2.43. The monoisotopic (exact) mass is 297 g/mol. The summed E-state index contributed by atoms with van der Waals surface area (Å²) in [4.78, 5) is 12.9. The second-order valence-electron chi connectivity index (χ2n) is 5.05. The Hall–Kier alpha value is -1.03. The van der Waals surface area contributed by atoms with Gasteiger partial charge in [0.2, 0.25) is 0 Å². The number of carbonyl (C=O) groups is 1. The molecular weight excluding hydrogens is 282 g/mol. The molecule has 0 bridgehead atoms. The van der Waals surface area contributed by atoms with E-state index < -0.39 is 5.97 Å². The summed E-state index contributed by atoms with van der Waals surface area (Å²) in [6, 6.07) is 6.13. The Morgan fingerprint density at radius 1 is 1.53 bits per heavy atom. The van der Waals surface area contributed by atoms with Crippen LogP contribution in [0.15, 0.2) is 22.7 Å². The predicted octanol–water partition coefficient (Wildman–Crippen LogP) is 3.02. The largest absolute Gasteiger partial charge is 0.480 e. The van der Waals surface area contributed by atoms with Crippen LogP contribution in [-0.4, -0.2) is 23.7 Å². The number of nitrogens with zero attached hydrogens (tertiary/aromatic N) is 1. The van der Waals surface area contributed by atoms with Crippen molar-refractivity contribution in [3.8, 4) is 0 Å². The SMILES string of the molecule is CC1N(CC(=O)O)c2cccc(Br)c2C1(C)C. The lowest BCUT2D eigenvalue weighted by atomic mass is 9.81. The van der Waals surface area contributed by atoms with Crippen molar-refractivity contribution in [2.75, 3.05) is 11.4 Å². The van der Waals surface area contributed by atoms with Crippen LogP contribution in [0.5, 0.6) is 0 Å². The minimum absolute atomic E-state index is 0.0497. The third kappa shape index (κ3) is 1.84. The van der Waals surface area contributed by atoms with Crippen LogP contribution in [0.25, 0.3) is 0 Å². The second-order valence-corrected chi connectivity index (χ2v) is 5.91. The second kappa shape index (κ2) is 4.02. The minimum Gasteiger partial charge on any atom is -0.480 e. The van der Waals surface area contributed by atoms with Crippen molar-refractivity contribution in [1.29, 1.82) is 0 Å². The van der Waals surface area contributed by atoms with Gasteiger partial charge >= 0.3 is 5.97 Å². The third-order valence-corrected chi connectivity index (χ3v) is 4.42. The van der Waals surface area contributed by atoms with Gasteiger partial charge in [-0.2, -0.15) is 0 Å². The van der Waals surface area contributed by atoms with Gasteiger partial charge in [0.15, 0.2) is 0 Å². The molecule has 0 saturated carbocycles. The van der Waals surface area contributed by atoms with Crippen LogP contribution in [0, 0.1) is 0 Å². The van der Waals surface area contributed by atoms with Gasteiger partial charge in [-0.1, -0.05) is 35.8 Å². The number of hydrogen-bond donors (Lipinski definition) is 1. The molecule has 92 valence electrons. The summed E-state index contributed by atoms with van der Waals surface area (Å²) >= 11 is 3.57. The molecule has 0 spiro atoms. The van der Waals surface area contributed by atoms with E-state index in [0.717, 1.165) is 10.2 Å². The zero-order valence-corrected chi connectivity index (χ0v) is 11.8. The van der Waals surface area contributed by atoms with Gasteiger partial charge in [0.25, 0.3) is 0 Å². The molecule has 1 aromatic rings. The zero-order valence-electron chi connectivity index (χ0n) is 10.2. The standard InChI is InChI=1S/C13H16BrNO2/c1-8-13(2,3)12-9(14)5-4-6-10(12)15(8)7-11(16)17/h4-6,8H,7H2,1-3H3,(H,16,17). The van der Waals surface area contributed by atoms with E-state index in [1.54, 1.807) is 0 Å². The first-order valence-electron chi connectivity index (χ1n) is 5.63. The minimum atomic E-state index is -0.791. The summed E-state index contributed by atoms with van der Waals surface area (Å²) in [6.07, 6.45) is 0. The van der Waals surface area contributed by atoms with Gasteiger partial charge in [-0.3, -0.25) is 4.79 Å². The van der Waals surface area contributed by atoms with E-state index in [1.165, 1.54) is 5.56 Å². The molecule has 2 rings (SSSR count). The first-order chi connectivity index (χ1) is 7.85. The van der Waals surface area contributed by atoms with Crippen molar-refractivity contribution in [3.05, 3.63) is 28.2 Å². The molecule has 3 nitrogen and oxygen atoms in total. The number of carboxylic acids is 1. The van der Waals surface area contributed by atoms with Gasteiger partial charge in [-0.25, -0.2) is 0 Å². The highest BCUT2D eigenvalue weighted by atomic mass is 79.9. The Labute approximate surface area is 110 Å². The number of fused-ring (bicyclic) bond motifs is 1. The summed E-state index contributed by atoms with van der Waals surface area (Å²) < 4.78 is 1.06. The summed E-state index contributed by atoms with van der Waals surface area (Å²) in [7, 11) is 0. The van der Waals surface area contributed by atoms with Crippen molar-refractivity contribution < 1.29 is 9.90 Å². The van der Waals surface area contributed by atoms with Gasteiger partial charge in [-0.15, -0.1) is 0 Å². The first-order valence-corrected chi connectivity index (χ1v) is 6.42. The van der Waals surface area contributed by atoms with Crippen LogP contribution in [0.2, 0.25) is 0 Å². The Balaban J connectivity index is 2.55. The molecule has 1 aliphatic rings. The van der Waals surface area contributed by atoms with Crippen molar-refractivity contribution in [1.82, 2.24) is 0 Å². The van der Waals surface area contributed by atoms with E-state index in [0.29, 0.717) is 0 Å². The topological polar surface area (TPSA) is 40.5 Å². The van der Waals surface area contributed by atoms with E-state index in [2.05, 4.69) is 36.7 Å². The van der Waals surface area contributed by atoms with E-state index in [1.807, 2.05) is 23.1 Å². The van der Waals surface area contributed by atoms with Crippen molar-refractivity contribution in [2.45, 2.75) is 32.2 Å². The molecule has 0 radical (unpaired) electrons. The quantitative estimate of drug-likeness (QED) is 0.912. The van der Waals surface area contributed by atoms with Crippen LogP contribution in [0.4, 0.5) is 5.69 Å². The molecule has 1 atom stereocenters. The molecule has 1 aliphatic heterocycles. The van der Waals surface area contributed by atoms with Gasteiger partial charge < -0.3 is 10.0 Å². The highest BCUT2D eigenvalue weighted by molar-refractivity contribution is 9.10. The predicted molar refractivity (Wildman–Crippen MR) is 71.6 cm³/mol. The lowest BCUT2D eigenvalue weighted by Crippen LogP contribution is -2.41. The molecule has 1 heterocycles. The molecule has 0 fully saturated rings. The molecule has 1 unspecified atom stereocenters. The number of anilines is 1. The fourth-order valence-electron chi connectivity index (χ4n) is 2.56. The molecule has 0 aromatic heterocycles. The lowest BCUT2D eigenvalue weighted by molar-refractivity contribution is -0.135. The Kier molecular flexibility index (Phi) is 2.94. The van der Waals surface area contributed by atoms with E-state index in [4.69, 9.17) is 5.11 Å². The smallest absolute Gasteiger partial charge is 0.323 e. The van der Waals surface area contributed by atoms with Crippen LogP contribution >= 0.6 is 15.9 Å². The molecule has 1 aromatic carbocycles. The van der Waals surface area contributed by atoms with E-state index in [9.17, 15) is 4.79 Å². The zero-order chi connectivity index (χ0) is 12.8. The van der Waals surface area contributed by atoms with E-state index >= 15 is 0 Å². The summed E-state index contributed by atoms with van der Waals surface area (Å²) in [5, 5.41) is 9.00. The summed E-state index contributed by atoms with van der Waals surface area (Å²) in [5.74, 6) is -0.791.